The van der Waals surface area contributed by atoms with Crippen molar-refractivity contribution in [2.45, 2.75) is 19.8 Å². The number of methoxy groups -OCH3 is 1. The first-order chi connectivity index (χ1) is 9.33. The molecule has 0 aromatic carbocycles. The standard InChI is InChI=1S/C13H23N3O3/c1-4-11-12(14-2)15-10-16-13(11)19-9-8-18-7-5-6-17-3/h10H,4-9H2,1-3H3,(H,14,15,16). The highest BCUT2D eigenvalue weighted by Gasteiger charge is 2.09. The molecular weight excluding hydrogens is 246 g/mol. The Hall–Kier alpha value is -1.40. The Morgan fingerprint density at radius 1 is 1.16 bits per heavy atom. The Kier molecular flexibility index (Phi) is 7.84. The van der Waals surface area contributed by atoms with E-state index in [1.54, 1.807) is 7.11 Å². The fourth-order valence-corrected chi connectivity index (χ4v) is 1.66. The van der Waals surface area contributed by atoms with Gasteiger partial charge in [-0.2, -0.15) is 0 Å². The van der Waals surface area contributed by atoms with Gasteiger partial charge in [0.1, 0.15) is 18.8 Å². The number of nitrogens with one attached hydrogen (secondary N) is 1. The summed E-state index contributed by atoms with van der Waals surface area (Å²) in [5.74, 6) is 1.44. The number of hydrogen-bond acceptors (Lipinski definition) is 6. The summed E-state index contributed by atoms with van der Waals surface area (Å²) in [5.41, 5.74) is 0.990. The van der Waals surface area contributed by atoms with Crippen molar-refractivity contribution in [1.29, 1.82) is 0 Å². The van der Waals surface area contributed by atoms with Crippen LogP contribution in [0, 0.1) is 0 Å². The van der Waals surface area contributed by atoms with Gasteiger partial charge in [-0.15, -0.1) is 0 Å². The van der Waals surface area contributed by atoms with E-state index in [0.717, 1.165) is 30.8 Å². The van der Waals surface area contributed by atoms with E-state index in [2.05, 4.69) is 15.3 Å². The molecule has 0 aliphatic rings. The molecule has 0 fully saturated rings. The number of ether oxygens (including phenoxy) is 3. The largest absolute Gasteiger partial charge is 0.475 e. The van der Waals surface area contributed by atoms with E-state index in [1.807, 2.05) is 14.0 Å². The van der Waals surface area contributed by atoms with E-state index in [-0.39, 0.29) is 0 Å². The topological polar surface area (TPSA) is 65.5 Å². The Bertz CT molecular complexity index is 361. The summed E-state index contributed by atoms with van der Waals surface area (Å²) in [6.07, 6.45) is 3.22. The molecule has 0 aliphatic heterocycles. The van der Waals surface area contributed by atoms with Crippen molar-refractivity contribution in [2.75, 3.05) is 45.9 Å². The summed E-state index contributed by atoms with van der Waals surface area (Å²) in [4.78, 5) is 8.32. The number of hydrogen-bond donors (Lipinski definition) is 1. The summed E-state index contributed by atoms with van der Waals surface area (Å²) in [7, 11) is 3.52. The van der Waals surface area contributed by atoms with Crippen LogP contribution in [0.4, 0.5) is 5.82 Å². The van der Waals surface area contributed by atoms with Gasteiger partial charge in [-0.3, -0.25) is 0 Å². The predicted octanol–water partition coefficient (Wildman–Crippen LogP) is 1.51. The molecule has 1 aromatic rings. The van der Waals surface area contributed by atoms with Crippen molar-refractivity contribution in [2.24, 2.45) is 0 Å². The summed E-state index contributed by atoms with van der Waals surface area (Å²) in [5, 5.41) is 3.04. The van der Waals surface area contributed by atoms with Crippen LogP contribution in [0.3, 0.4) is 0 Å². The van der Waals surface area contributed by atoms with E-state index in [1.165, 1.54) is 6.33 Å². The van der Waals surface area contributed by atoms with Crippen LogP contribution < -0.4 is 10.1 Å². The molecule has 1 N–H and O–H groups in total. The van der Waals surface area contributed by atoms with Crippen LogP contribution in [0.2, 0.25) is 0 Å². The van der Waals surface area contributed by atoms with Crippen LogP contribution in [-0.4, -0.2) is 50.6 Å². The van der Waals surface area contributed by atoms with Crippen molar-refractivity contribution in [3.8, 4) is 5.88 Å². The summed E-state index contributed by atoms with van der Waals surface area (Å²) in [6.45, 7) is 4.49. The minimum atomic E-state index is 0.486. The minimum absolute atomic E-state index is 0.486. The number of aromatic nitrogens is 2. The van der Waals surface area contributed by atoms with Gasteiger partial charge < -0.3 is 19.5 Å². The van der Waals surface area contributed by atoms with Crippen molar-refractivity contribution >= 4 is 5.82 Å². The first kappa shape index (κ1) is 15.7. The Labute approximate surface area is 114 Å². The van der Waals surface area contributed by atoms with Gasteiger partial charge in [0.2, 0.25) is 5.88 Å². The van der Waals surface area contributed by atoms with Gasteiger partial charge in [0.05, 0.1) is 12.2 Å². The lowest BCUT2D eigenvalue weighted by molar-refractivity contribution is 0.0793. The number of nitrogens with zero attached hydrogens (tertiary/aromatic N) is 2. The van der Waals surface area contributed by atoms with Crippen LogP contribution in [0.15, 0.2) is 6.33 Å². The molecule has 0 aliphatic carbocycles. The van der Waals surface area contributed by atoms with Crippen molar-refractivity contribution in [1.82, 2.24) is 9.97 Å². The van der Waals surface area contributed by atoms with Gasteiger partial charge in [0.15, 0.2) is 0 Å². The fourth-order valence-electron chi connectivity index (χ4n) is 1.66. The van der Waals surface area contributed by atoms with Crippen LogP contribution in [0.1, 0.15) is 18.9 Å². The van der Waals surface area contributed by atoms with Crippen LogP contribution in [0.25, 0.3) is 0 Å². The zero-order valence-electron chi connectivity index (χ0n) is 11.9. The summed E-state index contributed by atoms with van der Waals surface area (Å²) in [6, 6.07) is 0. The molecule has 0 bridgehead atoms. The third kappa shape index (κ3) is 5.40. The lowest BCUT2D eigenvalue weighted by Crippen LogP contribution is -2.11. The smallest absolute Gasteiger partial charge is 0.221 e. The molecule has 19 heavy (non-hydrogen) atoms. The quantitative estimate of drug-likeness (QED) is 0.650. The molecule has 0 spiro atoms. The average Bonchev–Trinajstić information content (AvgIpc) is 2.45. The second kappa shape index (κ2) is 9.52. The van der Waals surface area contributed by atoms with Gasteiger partial charge >= 0.3 is 0 Å². The number of anilines is 1. The molecule has 6 heteroatoms. The van der Waals surface area contributed by atoms with Gasteiger partial charge in [0, 0.05) is 27.4 Å². The highest BCUT2D eigenvalue weighted by molar-refractivity contribution is 5.48. The SMILES string of the molecule is CCc1c(NC)ncnc1OCCOCCCOC. The van der Waals surface area contributed by atoms with Gasteiger partial charge in [-0.25, -0.2) is 9.97 Å². The predicted molar refractivity (Wildman–Crippen MR) is 73.8 cm³/mol. The van der Waals surface area contributed by atoms with Gasteiger partial charge in [0.25, 0.3) is 0 Å². The third-order valence-corrected chi connectivity index (χ3v) is 2.60. The van der Waals surface area contributed by atoms with Gasteiger partial charge in [-0.05, 0) is 12.8 Å². The molecule has 0 atom stereocenters. The first-order valence-corrected chi connectivity index (χ1v) is 6.54. The molecule has 1 heterocycles. The zero-order chi connectivity index (χ0) is 13.9. The molecule has 1 aromatic heterocycles. The third-order valence-electron chi connectivity index (χ3n) is 2.60. The maximum atomic E-state index is 5.63. The molecule has 0 radical (unpaired) electrons. The molecule has 0 saturated carbocycles. The van der Waals surface area contributed by atoms with Crippen molar-refractivity contribution < 1.29 is 14.2 Å². The lowest BCUT2D eigenvalue weighted by atomic mass is 10.2. The Morgan fingerprint density at radius 2 is 2.00 bits per heavy atom. The maximum Gasteiger partial charge on any atom is 0.221 e. The van der Waals surface area contributed by atoms with Crippen molar-refractivity contribution in [3.63, 3.8) is 0 Å². The summed E-state index contributed by atoms with van der Waals surface area (Å²) >= 11 is 0. The van der Waals surface area contributed by atoms with E-state index >= 15 is 0 Å². The molecular formula is C13H23N3O3. The minimum Gasteiger partial charge on any atom is -0.475 e. The number of rotatable bonds is 10. The molecule has 6 nitrogen and oxygen atoms in total. The fraction of sp³-hybridized carbons (Fsp3) is 0.692. The second-order valence-electron chi connectivity index (χ2n) is 3.92. The monoisotopic (exact) mass is 269 g/mol. The maximum absolute atomic E-state index is 5.63. The van der Waals surface area contributed by atoms with Crippen molar-refractivity contribution in [3.05, 3.63) is 11.9 Å². The highest BCUT2D eigenvalue weighted by Crippen LogP contribution is 2.21. The molecule has 1 rings (SSSR count). The molecule has 0 unspecified atom stereocenters. The van der Waals surface area contributed by atoms with E-state index in [4.69, 9.17) is 14.2 Å². The molecule has 108 valence electrons. The van der Waals surface area contributed by atoms with Gasteiger partial charge in [-0.1, -0.05) is 6.92 Å². The van der Waals surface area contributed by atoms with E-state index in [0.29, 0.717) is 25.7 Å². The second-order valence-corrected chi connectivity index (χ2v) is 3.92. The lowest BCUT2D eigenvalue weighted by Gasteiger charge is -2.12. The average molecular weight is 269 g/mol. The molecule has 0 amide bonds. The van der Waals surface area contributed by atoms with Crippen LogP contribution in [0.5, 0.6) is 5.88 Å². The summed E-state index contributed by atoms with van der Waals surface area (Å²) < 4.78 is 16.0. The normalized spacial score (nSPS) is 10.5. The zero-order valence-corrected chi connectivity index (χ0v) is 11.9. The Morgan fingerprint density at radius 3 is 2.68 bits per heavy atom. The van der Waals surface area contributed by atoms with E-state index in [9.17, 15) is 0 Å². The Balaban J connectivity index is 2.33. The van der Waals surface area contributed by atoms with E-state index < -0.39 is 0 Å². The van der Waals surface area contributed by atoms with Crippen LogP contribution >= 0.6 is 0 Å². The molecule has 0 saturated heterocycles. The first-order valence-electron chi connectivity index (χ1n) is 6.54. The highest BCUT2D eigenvalue weighted by atomic mass is 16.5. The van der Waals surface area contributed by atoms with Crippen LogP contribution in [-0.2, 0) is 15.9 Å².